The third-order valence-electron chi connectivity index (χ3n) is 1.61. The zero-order valence-corrected chi connectivity index (χ0v) is 7.59. The molecular formula is C8H2ClF5O. The average Bonchev–Trinajstić information content (AvgIpc) is 2.10. The van der Waals surface area contributed by atoms with Crippen LogP contribution in [0.1, 0.15) is 15.9 Å². The van der Waals surface area contributed by atoms with Gasteiger partial charge in [0.15, 0.2) is 12.1 Å². The lowest BCUT2D eigenvalue weighted by Gasteiger charge is -2.10. The van der Waals surface area contributed by atoms with Crippen LogP contribution in [-0.4, -0.2) is 6.29 Å². The molecule has 15 heavy (non-hydrogen) atoms. The summed E-state index contributed by atoms with van der Waals surface area (Å²) in [7, 11) is 0. The number of hydrogen-bond acceptors (Lipinski definition) is 1. The van der Waals surface area contributed by atoms with Gasteiger partial charge in [-0.2, -0.15) is 13.2 Å². The second-order valence-corrected chi connectivity index (χ2v) is 2.97. The van der Waals surface area contributed by atoms with Gasteiger partial charge in [0.05, 0.1) is 16.1 Å². The molecule has 0 N–H and O–H groups in total. The molecule has 0 aliphatic rings. The molecule has 0 atom stereocenters. The van der Waals surface area contributed by atoms with Crippen LogP contribution in [0.2, 0.25) is 5.02 Å². The van der Waals surface area contributed by atoms with E-state index in [4.69, 9.17) is 11.6 Å². The molecule has 0 aliphatic carbocycles. The van der Waals surface area contributed by atoms with Crippen LogP contribution in [0.15, 0.2) is 6.07 Å². The minimum Gasteiger partial charge on any atom is -0.298 e. The molecule has 0 fully saturated rings. The summed E-state index contributed by atoms with van der Waals surface area (Å²) in [6.07, 6.45) is -5.38. The van der Waals surface area contributed by atoms with Gasteiger partial charge in [0.2, 0.25) is 0 Å². The molecule has 0 heterocycles. The van der Waals surface area contributed by atoms with Crippen molar-refractivity contribution in [3.63, 3.8) is 0 Å². The molecule has 0 amide bonds. The number of benzene rings is 1. The van der Waals surface area contributed by atoms with Crippen LogP contribution in [0.5, 0.6) is 0 Å². The maximum Gasteiger partial charge on any atom is 0.419 e. The van der Waals surface area contributed by atoms with Crippen LogP contribution in [0.3, 0.4) is 0 Å². The first kappa shape index (κ1) is 11.9. The van der Waals surface area contributed by atoms with Crippen molar-refractivity contribution in [3.8, 4) is 0 Å². The molecule has 0 radical (unpaired) electrons. The third kappa shape index (κ3) is 2.09. The van der Waals surface area contributed by atoms with Crippen molar-refractivity contribution in [2.24, 2.45) is 0 Å². The summed E-state index contributed by atoms with van der Waals surface area (Å²) < 4.78 is 62.2. The quantitative estimate of drug-likeness (QED) is 0.420. The molecule has 82 valence electrons. The Morgan fingerprint density at radius 3 is 2.13 bits per heavy atom. The monoisotopic (exact) mass is 244 g/mol. The third-order valence-corrected chi connectivity index (χ3v) is 1.89. The Balaban J connectivity index is 3.58. The minimum atomic E-state index is -5.03. The molecule has 0 spiro atoms. The second kappa shape index (κ2) is 3.77. The Morgan fingerprint density at radius 2 is 1.73 bits per heavy atom. The fourth-order valence-corrected chi connectivity index (χ4v) is 1.14. The molecule has 0 bridgehead atoms. The van der Waals surface area contributed by atoms with E-state index >= 15 is 0 Å². The van der Waals surface area contributed by atoms with Gasteiger partial charge in [-0.3, -0.25) is 4.79 Å². The van der Waals surface area contributed by atoms with Gasteiger partial charge in [-0.25, -0.2) is 8.78 Å². The van der Waals surface area contributed by atoms with Crippen molar-refractivity contribution in [1.82, 2.24) is 0 Å². The molecule has 1 aromatic rings. The van der Waals surface area contributed by atoms with Crippen LogP contribution in [0.25, 0.3) is 0 Å². The van der Waals surface area contributed by atoms with Crippen LogP contribution in [0.4, 0.5) is 22.0 Å². The van der Waals surface area contributed by atoms with Gasteiger partial charge in [-0.05, 0) is 6.07 Å². The summed E-state index contributed by atoms with van der Waals surface area (Å²) in [4.78, 5) is 10.2. The van der Waals surface area contributed by atoms with E-state index in [2.05, 4.69) is 0 Å². The number of aldehydes is 1. The SMILES string of the molecule is O=Cc1c(F)c(Cl)cc(C(F)(F)F)c1F. The molecule has 0 unspecified atom stereocenters. The van der Waals surface area contributed by atoms with Crippen LogP contribution >= 0.6 is 11.6 Å². The summed E-state index contributed by atoms with van der Waals surface area (Å²) in [6.45, 7) is 0. The zero-order valence-electron chi connectivity index (χ0n) is 6.83. The van der Waals surface area contributed by atoms with Gasteiger partial charge in [-0.1, -0.05) is 11.6 Å². The predicted octanol–water partition coefficient (Wildman–Crippen LogP) is 3.45. The number of rotatable bonds is 1. The highest BCUT2D eigenvalue weighted by Gasteiger charge is 2.36. The van der Waals surface area contributed by atoms with Crippen molar-refractivity contribution < 1.29 is 26.7 Å². The molecule has 7 heteroatoms. The van der Waals surface area contributed by atoms with Crippen molar-refractivity contribution in [2.75, 3.05) is 0 Å². The average molecular weight is 245 g/mol. The summed E-state index contributed by atoms with van der Waals surface area (Å²) in [5.41, 5.74) is -3.09. The highest BCUT2D eigenvalue weighted by molar-refractivity contribution is 6.31. The summed E-state index contributed by atoms with van der Waals surface area (Å²) in [5.74, 6) is -3.46. The van der Waals surface area contributed by atoms with Gasteiger partial charge in [0.1, 0.15) is 5.82 Å². The molecule has 0 saturated heterocycles. The van der Waals surface area contributed by atoms with E-state index in [9.17, 15) is 26.7 Å². The molecule has 0 saturated carbocycles. The standard InChI is InChI=1S/C8H2ClF5O/c9-5-1-4(8(12,13)14)6(10)3(2-15)7(5)11/h1-2H. The topological polar surface area (TPSA) is 17.1 Å². The van der Waals surface area contributed by atoms with Crippen molar-refractivity contribution in [2.45, 2.75) is 6.18 Å². The smallest absolute Gasteiger partial charge is 0.298 e. The summed E-state index contributed by atoms with van der Waals surface area (Å²) in [6, 6.07) is 0.0965. The first-order valence-electron chi connectivity index (χ1n) is 3.49. The molecule has 1 aromatic carbocycles. The van der Waals surface area contributed by atoms with Crippen LogP contribution in [0, 0.1) is 11.6 Å². The van der Waals surface area contributed by atoms with Gasteiger partial charge < -0.3 is 0 Å². The van der Waals surface area contributed by atoms with Crippen LogP contribution < -0.4 is 0 Å². The van der Waals surface area contributed by atoms with Crippen molar-refractivity contribution in [3.05, 3.63) is 33.9 Å². The van der Waals surface area contributed by atoms with E-state index in [0.717, 1.165) is 0 Å². The highest BCUT2D eigenvalue weighted by Crippen LogP contribution is 2.35. The molecule has 0 aromatic heterocycles. The van der Waals surface area contributed by atoms with Gasteiger partial charge in [0, 0.05) is 0 Å². The number of hydrogen-bond donors (Lipinski definition) is 0. The zero-order chi connectivity index (χ0) is 11.8. The summed E-state index contributed by atoms with van der Waals surface area (Å²) in [5, 5.41) is -0.953. The fourth-order valence-electron chi connectivity index (χ4n) is 0.933. The second-order valence-electron chi connectivity index (χ2n) is 2.56. The Bertz CT molecular complexity index is 412. The summed E-state index contributed by atoms with van der Waals surface area (Å²) >= 11 is 5.08. The van der Waals surface area contributed by atoms with E-state index in [1.807, 2.05) is 0 Å². The lowest BCUT2D eigenvalue weighted by Crippen LogP contribution is -2.11. The fraction of sp³-hybridized carbons (Fsp3) is 0.125. The van der Waals surface area contributed by atoms with E-state index in [-0.39, 0.29) is 12.4 Å². The Morgan fingerprint density at radius 1 is 1.20 bits per heavy atom. The van der Waals surface area contributed by atoms with Crippen LogP contribution in [-0.2, 0) is 6.18 Å². The number of carbonyl (C=O) groups excluding carboxylic acids is 1. The Kier molecular flexibility index (Phi) is 2.99. The first-order chi connectivity index (χ1) is 6.79. The normalized spacial score (nSPS) is 11.6. The number of carbonyl (C=O) groups is 1. The number of halogens is 6. The lowest BCUT2D eigenvalue weighted by molar-refractivity contribution is -0.140. The minimum absolute atomic E-state index is 0.0965. The van der Waals surface area contributed by atoms with E-state index in [1.54, 1.807) is 0 Å². The largest absolute Gasteiger partial charge is 0.419 e. The lowest BCUT2D eigenvalue weighted by atomic mass is 10.1. The van der Waals surface area contributed by atoms with E-state index in [1.165, 1.54) is 0 Å². The maximum absolute atomic E-state index is 13.0. The van der Waals surface area contributed by atoms with E-state index < -0.39 is 34.0 Å². The van der Waals surface area contributed by atoms with Crippen molar-refractivity contribution >= 4 is 17.9 Å². The predicted molar refractivity (Wildman–Crippen MR) is 41.8 cm³/mol. The highest BCUT2D eigenvalue weighted by atomic mass is 35.5. The first-order valence-corrected chi connectivity index (χ1v) is 3.86. The Labute approximate surface area is 85.5 Å². The van der Waals surface area contributed by atoms with E-state index in [0.29, 0.717) is 0 Å². The van der Waals surface area contributed by atoms with Gasteiger partial charge in [0.25, 0.3) is 0 Å². The molecule has 0 aliphatic heterocycles. The molecule has 1 rings (SSSR count). The van der Waals surface area contributed by atoms with Crippen molar-refractivity contribution in [1.29, 1.82) is 0 Å². The maximum atomic E-state index is 13.0. The molecular weight excluding hydrogens is 243 g/mol. The molecule has 1 nitrogen and oxygen atoms in total. The Hall–Kier alpha value is -1.17. The van der Waals surface area contributed by atoms with Gasteiger partial charge >= 0.3 is 6.18 Å². The van der Waals surface area contributed by atoms with Gasteiger partial charge in [-0.15, -0.1) is 0 Å². The number of alkyl halides is 3.